The van der Waals surface area contributed by atoms with Crippen molar-refractivity contribution in [1.82, 2.24) is 14.9 Å². The predicted octanol–water partition coefficient (Wildman–Crippen LogP) is 4.43. The SMILES string of the molecule is CC(C)n1ccc(-c2cc(OC[C@@H]3CNCC(C)(C)O3)c3cccnc3c2)c1. The molecule has 3 aromatic rings. The maximum Gasteiger partial charge on any atom is 0.129 e. The third kappa shape index (κ3) is 4.05. The summed E-state index contributed by atoms with van der Waals surface area (Å²) in [5.41, 5.74) is 3.05. The molecule has 3 heterocycles. The lowest BCUT2D eigenvalue weighted by atomic mass is 10.1. The van der Waals surface area contributed by atoms with Gasteiger partial charge in [0, 0.05) is 43.1 Å². The van der Waals surface area contributed by atoms with E-state index in [0.29, 0.717) is 12.6 Å². The van der Waals surface area contributed by atoms with E-state index >= 15 is 0 Å². The van der Waals surface area contributed by atoms with Crippen molar-refractivity contribution in [1.29, 1.82) is 0 Å². The Balaban J connectivity index is 1.63. The number of rotatable bonds is 5. The second-order valence-electron chi connectivity index (χ2n) is 8.43. The third-order valence-electron chi connectivity index (χ3n) is 5.16. The Morgan fingerprint density at radius 2 is 2.14 bits per heavy atom. The second-order valence-corrected chi connectivity index (χ2v) is 8.43. The van der Waals surface area contributed by atoms with Crippen LogP contribution in [0.15, 0.2) is 48.9 Å². The van der Waals surface area contributed by atoms with Crippen LogP contribution in [0.1, 0.15) is 33.7 Å². The summed E-state index contributed by atoms with van der Waals surface area (Å²) in [4.78, 5) is 4.56. The molecule has 148 valence electrons. The van der Waals surface area contributed by atoms with E-state index in [0.717, 1.165) is 35.3 Å². The lowest BCUT2D eigenvalue weighted by Gasteiger charge is -2.36. The minimum absolute atomic E-state index is 0.0288. The lowest BCUT2D eigenvalue weighted by Crippen LogP contribution is -2.52. The molecular formula is C23H29N3O2. The summed E-state index contributed by atoms with van der Waals surface area (Å²) in [5, 5.41) is 4.45. The number of ether oxygens (including phenoxy) is 2. The Kier molecular flexibility index (Phi) is 5.13. The van der Waals surface area contributed by atoms with Gasteiger partial charge >= 0.3 is 0 Å². The predicted molar refractivity (Wildman–Crippen MR) is 113 cm³/mol. The summed E-state index contributed by atoms with van der Waals surface area (Å²) >= 11 is 0. The average molecular weight is 380 g/mol. The van der Waals surface area contributed by atoms with Gasteiger partial charge in [0.05, 0.1) is 11.1 Å². The summed E-state index contributed by atoms with van der Waals surface area (Å²) in [6.07, 6.45) is 6.15. The molecule has 0 spiro atoms. The van der Waals surface area contributed by atoms with Crippen molar-refractivity contribution in [2.24, 2.45) is 0 Å². The monoisotopic (exact) mass is 379 g/mol. The molecule has 0 saturated carbocycles. The first kappa shape index (κ1) is 19.0. The van der Waals surface area contributed by atoms with Crippen molar-refractivity contribution in [2.75, 3.05) is 19.7 Å². The van der Waals surface area contributed by atoms with Gasteiger partial charge in [0.1, 0.15) is 18.5 Å². The number of aromatic nitrogens is 2. The van der Waals surface area contributed by atoms with Gasteiger partial charge in [0.25, 0.3) is 0 Å². The van der Waals surface area contributed by atoms with Crippen LogP contribution in [0, 0.1) is 0 Å². The highest BCUT2D eigenvalue weighted by Crippen LogP contribution is 2.32. The van der Waals surface area contributed by atoms with Gasteiger partial charge in [-0.15, -0.1) is 0 Å². The summed E-state index contributed by atoms with van der Waals surface area (Å²) < 4.78 is 14.6. The molecule has 4 rings (SSSR count). The molecule has 0 amide bonds. The van der Waals surface area contributed by atoms with Gasteiger partial charge in [0.2, 0.25) is 0 Å². The fourth-order valence-electron chi connectivity index (χ4n) is 3.68. The second kappa shape index (κ2) is 7.57. The normalized spacial score (nSPS) is 19.2. The first-order valence-corrected chi connectivity index (χ1v) is 9.99. The number of hydrogen-bond acceptors (Lipinski definition) is 4. The number of fused-ring (bicyclic) bond motifs is 1. The van der Waals surface area contributed by atoms with Crippen LogP contribution in [0.5, 0.6) is 5.75 Å². The van der Waals surface area contributed by atoms with Crippen LogP contribution < -0.4 is 10.1 Å². The van der Waals surface area contributed by atoms with E-state index in [-0.39, 0.29) is 11.7 Å². The third-order valence-corrected chi connectivity index (χ3v) is 5.16. The first-order valence-electron chi connectivity index (χ1n) is 9.99. The highest BCUT2D eigenvalue weighted by Gasteiger charge is 2.28. The molecule has 1 saturated heterocycles. The Morgan fingerprint density at radius 3 is 2.89 bits per heavy atom. The van der Waals surface area contributed by atoms with Gasteiger partial charge in [-0.1, -0.05) is 0 Å². The highest BCUT2D eigenvalue weighted by atomic mass is 16.5. The lowest BCUT2D eigenvalue weighted by molar-refractivity contribution is -0.106. The summed E-state index contributed by atoms with van der Waals surface area (Å²) in [6, 6.07) is 10.8. The van der Waals surface area contributed by atoms with E-state index in [1.54, 1.807) is 0 Å². The van der Waals surface area contributed by atoms with Crippen molar-refractivity contribution in [2.45, 2.75) is 45.4 Å². The summed E-state index contributed by atoms with van der Waals surface area (Å²) in [5.74, 6) is 0.852. The molecule has 1 atom stereocenters. The fraction of sp³-hybridized carbons (Fsp3) is 0.435. The van der Waals surface area contributed by atoms with E-state index < -0.39 is 0 Å². The van der Waals surface area contributed by atoms with Crippen molar-refractivity contribution < 1.29 is 9.47 Å². The van der Waals surface area contributed by atoms with Crippen LogP contribution in [-0.4, -0.2) is 41.0 Å². The molecule has 0 radical (unpaired) electrons. The molecule has 0 unspecified atom stereocenters. The number of pyridine rings is 1. The molecule has 5 nitrogen and oxygen atoms in total. The van der Waals surface area contributed by atoms with Crippen LogP contribution in [0.2, 0.25) is 0 Å². The van der Waals surface area contributed by atoms with Crippen molar-refractivity contribution in [3.8, 4) is 16.9 Å². The van der Waals surface area contributed by atoms with Crippen LogP contribution in [-0.2, 0) is 4.74 Å². The molecule has 1 aromatic carbocycles. The Labute approximate surface area is 166 Å². The van der Waals surface area contributed by atoms with E-state index in [1.165, 1.54) is 5.56 Å². The minimum atomic E-state index is -0.169. The van der Waals surface area contributed by atoms with E-state index in [2.05, 4.69) is 79.2 Å². The fourth-order valence-corrected chi connectivity index (χ4v) is 3.68. The molecule has 5 heteroatoms. The molecule has 1 aliphatic heterocycles. The molecule has 2 aromatic heterocycles. The van der Waals surface area contributed by atoms with Crippen LogP contribution in [0.4, 0.5) is 0 Å². The standard InChI is InChI=1S/C23H29N3O2/c1-16(2)26-9-7-17(13-26)18-10-21-20(6-5-8-25-21)22(11-18)27-14-19-12-24-15-23(3,4)28-19/h5-11,13,16,19,24H,12,14-15H2,1-4H3/t19-/m0/s1. The van der Waals surface area contributed by atoms with Crippen LogP contribution in [0.3, 0.4) is 0 Å². The molecule has 1 fully saturated rings. The van der Waals surface area contributed by atoms with E-state index in [1.807, 2.05) is 12.3 Å². The van der Waals surface area contributed by atoms with Crippen molar-refractivity contribution >= 4 is 10.9 Å². The maximum atomic E-state index is 6.26. The number of nitrogens with one attached hydrogen (secondary N) is 1. The molecular weight excluding hydrogens is 350 g/mol. The van der Waals surface area contributed by atoms with Crippen LogP contribution >= 0.6 is 0 Å². The van der Waals surface area contributed by atoms with Gasteiger partial charge < -0.3 is 19.4 Å². The Morgan fingerprint density at radius 1 is 1.29 bits per heavy atom. The van der Waals surface area contributed by atoms with Crippen molar-refractivity contribution in [3.63, 3.8) is 0 Å². The Bertz CT molecular complexity index is 961. The Hall–Kier alpha value is -2.37. The first-order chi connectivity index (χ1) is 13.4. The minimum Gasteiger partial charge on any atom is -0.490 e. The van der Waals surface area contributed by atoms with Gasteiger partial charge in [-0.2, -0.15) is 0 Å². The number of hydrogen-bond donors (Lipinski definition) is 1. The molecule has 1 N–H and O–H groups in total. The van der Waals surface area contributed by atoms with Gasteiger partial charge in [-0.3, -0.25) is 4.98 Å². The van der Waals surface area contributed by atoms with Crippen LogP contribution in [0.25, 0.3) is 22.0 Å². The number of benzene rings is 1. The number of nitrogens with zero attached hydrogens (tertiary/aromatic N) is 2. The van der Waals surface area contributed by atoms with Gasteiger partial charge in [0.15, 0.2) is 0 Å². The smallest absolute Gasteiger partial charge is 0.129 e. The van der Waals surface area contributed by atoms with Gasteiger partial charge in [-0.25, -0.2) is 0 Å². The largest absolute Gasteiger partial charge is 0.490 e. The highest BCUT2D eigenvalue weighted by molar-refractivity contribution is 5.90. The van der Waals surface area contributed by atoms with E-state index in [4.69, 9.17) is 9.47 Å². The zero-order chi connectivity index (χ0) is 19.7. The van der Waals surface area contributed by atoms with E-state index in [9.17, 15) is 0 Å². The zero-order valence-corrected chi connectivity index (χ0v) is 17.1. The molecule has 0 bridgehead atoms. The molecule has 0 aliphatic carbocycles. The molecule has 1 aliphatic rings. The quantitative estimate of drug-likeness (QED) is 0.712. The molecule has 28 heavy (non-hydrogen) atoms. The maximum absolute atomic E-state index is 6.26. The topological polar surface area (TPSA) is 48.3 Å². The summed E-state index contributed by atoms with van der Waals surface area (Å²) in [7, 11) is 0. The average Bonchev–Trinajstić information content (AvgIpc) is 3.16. The summed E-state index contributed by atoms with van der Waals surface area (Å²) in [6.45, 7) is 10.7. The van der Waals surface area contributed by atoms with Crippen molar-refractivity contribution in [3.05, 3.63) is 48.9 Å². The number of morpholine rings is 1. The van der Waals surface area contributed by atoms with Gasteiger partial charge in [-0.05, 0) is 69.2 Å². The zero-order valence-electron chi connectivity index (χ0n) is 17.1.